The molecule has 0 aliphatic carbocycles. The zero-order valence-corrected chi connectivity index (χ0v) is 13.5. The molecule has 0 saturated heterocycles. The largest absolute Gasteiger partial charge is 0.476 e. The van der Waals surface area contributed by atoms with Crippen LogP contribution in [0.2, 0.25) is 0 Å². The molecular formula is C19H18N2O2. The van der Waals surface area contributed by atoms with E-state index in [9.17, 15) is 4.79 Å². The minimum absolute atomic E-state index is 0.0695. The Labute approximate surface area is 135 Å². The van der Waals surface area contributed by atoms with Crippen LogP contribution in [-0.4, -0.2) is 11.5 Å². The van der Waals surface area contributed by atoms with Crippen molar-refractivity contribution in [2.24, 2.45) is 0 Å². The van der Waals surface area contributed by atoms with E-state index in [0.29, 0.717) is 17.9 Å². The zero-order valence-electron chi connectivity index (χ0n) is 13.5. The highest BCUT2D eigenvalue weighted by atomic mass is 16.5. The van der Waals surface area contributed by atoms with Crippen molar-refractivity contribution >= 4 is 11.6 Å². The molecule has 0 fully saturated rings. The third-order valence-corrected chi connectivity index (χ3v) is 3.95. The maximum atomic E-state index is 12.8. The molecule has 2 aromatic rings. The number of aryl methyl sites for hydroxylation is 1. The van der Waals surface area contributed by atoms with Gasteiger partial charge in [-0.1, -0.05) is 18.2 Å². The molecule has 3 rings (SSSR count). The number of fused-ring (bicyclic) bond motifs is 1. The van der Waals surface area contributed by atoms with Gasteiger partial charge in [-0.2, -0.15) is 5.26 Å². The van der Waals surface area contributed by atoms with Crippen LogP contribution < -0.4 is 9.64 Å². The predicted octanol–water partition coefficient (Wildman–Crippen LogP) is 3.57. The van der Waals surface area contributed by atoms with E-state index in [4.69, 9.17) is 10.00 Å². The summed E-state index contributed by atoms with van der Waals surface area (Å²) in [6, 6.07) is 15.2. The van der Waals surface area contributed by atoms with Gasteiger partial charge in [0, 0.05) is 0 Å². The number of rotatable bonds is 2. The van der Waals surface area contributed by atoms with E-state index in [2.05, 4.69) is 6.07 Å². The van der Waals surface area contributed by atoms with Crippen LogP contribution in [0.3, 0.4) is 0 Å². The van der Waals surface area contributed by atoms with Crippen LogP contribution in [0.4, 0.5) is 5.69 Å². The Hall–Kier alpha value is -2.80. The summed E-state index contributed by atoms with van der Waals surface area (Å²) in [6.07, 6.45) is 0. The van der Waals surface area contributed by atoms with Crippen LogP contribution in [0.15, 0.2) is 42.5 Å². The van der Waals surface area contributed by atoms with Gasteiger partial charge in [0.05, 0.1) is 23.9 Å². The highest BCUT2D eigenvalue weighted by Gasteiger charge is 2.40. The predicted molar refractivity (Wildman–Crippen MR) is 88.2 cm³/mol. The number of amides is 1. The topological polar surface area (TPSA) is 53.3 Å². The van der Waals surface area contributed by atoms with Crippen molar-refractivity contribution in [2.45, 2.75) is 32.9 Å². The van der Waals surface area contributed by atoms with Crippen LogP contribution in [0, 0.1) is 18.3 Å². The molecule has 1 aliphatic rings. The summed E-state index contributed by atoms with van der Waals surface area (Å²) < 4.78 is 5.86. The lowest BCUT2D eigenvalue weighted by Crippen LogP contribution is -2.52. The number of benzene rings is 2. The molecule has 0 unspecified atom stereocenters. The Bertz CT molecular complexity index is 801. The summed E-state index contributed by atoms with van der Waals surface area (Å²) in [7, 11) is 0. The lowest BCUT2D eigenvalue weighted by Gasteiger charge is -2.39. The SMILES string of the molecule is Cc1ccc2c(c1)N(Cc1ccc(C#N)cc1)C(=O)C(C)(C)O2. The van der Waals surface area contributed by atoms with Crippen molar-refractivity contribution in [3.05, 3.63) is 59.2 Å². The molecule has 0 atom stereocenters. The lowest BCUT2D eigenvalue weighted by molar-refractivity contribution is -0.132. The zero-order chi connectivity index (χ0) is 16.6. The third-order valence-electron chi connectivity index (χ3n) is 3.95. The maximum absolute atomic E-state index is 12.8. The first-order valence-corrected chi connectivity index (χ1v) is 7.51. The van der Waals surface area contributed by atoms with Gasteiger partial charge in [0.1, 0.15) is 5.75 Å². The van der Waals surface area contributed by atoms with Crippen molar-refractivity contribution < 1.29 is 9.53 Å². The fourth-order valence-electron chi connectivity index (χ4n) is 2.70. The first-order chi connectivity index (χ1) is 10.9. The quantitative estimate of drug-likeness (QED) is 0.852. The molecule has 4 heteroatoms. The van der Waals surface area contributed by atoms with Gasteiger partial charge in [0.15, 0.2) is 5.60 Å². The van der Waals surface area contributed by atoms with Crippen molar-refractivity contribution in [3.8, 4) is 11.8 Å². The minimum atomic E-state index is -0.894. The van der Waals surface area contributed by atoms with Crippen LogP contribution >= 0.6 is 0 Å². The highest BCUT2D eigenvalue weighted by molar-refractivity contribution is 6.02. The average Bonchev–Trinajstić information content (AvgIpc) is 2.53. The normalized spacial score (nSPS) is 15.6. The summed E-state index contributed by atoms with van der Waals surface area (Å²) >= 11 is 0. The van der Waals surface area contributed by atoms with Crippen molar-refractivity contribution in [1.29, 1.82) is 5.26 Å². The monoisotopic (exact) mass is 306 g/mol. The highest BCUT2D eigenvalue weighted by Crippen LogP contribution is 2.39. The summed E-state index contributed by atoms with van der Waals surface area (Å²) in [6.45, 7) is 6.01. The fourth-order valence-corrected chi connectivity index (χ4v) is 2.70. The molecule has 0 aromatic heterocycles. The second-order valence-electron chi connectivity index (χ2n) is 6.28. The second kappa shape index (κ2) is 5.44. The van der Waals surface area contributed by atoms with Gasteiger partial charge >= 0.3 is 0 Å². The van der Waals surface area contributed by atoms with E-state index in [0.717, 1.165) is 16.8 Å². The van der Waals surface area contributed by atoms with Gasteiger partial charge in [0.2, 0.25) is 0 Å². The molecule has 0 N–H and O–H groups in total. The third kappa shape index (κ3) is 2.78. The molecule has 116 valence electrons. The van der Waals surface area contributed by atoms with Gasteiger partial charge < -0.3 is 9.64 Å². The van der Waals surface area contributed by atoms with Gasteiger partial charge in [-0.05, 0) is 56.2 Å². The van der Waals surface area contributed by atoms with Crippen LogP contribution in [0.5, 0.6) is 5.75 Å². The standard InChI is InChI=1S/C19H18N2O2/c1-13-4-9-17-16(10-13)21(18(22)19(2,3)23-17)12-15-7-5-14(11-20)6-8-15/h4-10H,12H2,1-3H3. The van der Waals surface area contributed by atoms with E-state index < -0.39 is 5.60 Å². The first kappa shape index (κ1) is 15.1. The number of carbonyl (C=O) groups is 1. The Morgan fingerprint density at radius 2 is 1.87 bits per heavy atom. The molecule has 0 spiro atoms. The van der Waals surface area contributed by atoms with E-state index >= 15 is 0 Å². The van der Waals surface area contributed by atoms with Gasteiger partial charge in [-0.3, -0.25) is 4.79 Å². The summed E-state index contributed by atoms with van der Waals surface area (Å²) in [5.41, 5.74) is 2.55. The number of anilines is 1. The number of hydrogen-bond donors (Lipinski definition) is 0. The van der Waals surface area contributed by atoms with Crippen LogP contribution in [0.25, 0.3) is 0 Å². The molecule has 2 aromatic carbocycles. The summed E-state index contributed by atoms with van der Waals surface area (Å²) in [4.78, 5) is 14.6. The number of nitriles is 1. The number of carbonyl (C=O) groups excluding carboxylic acids is 1. The maximum Gasteiger partial charge on any atom is 0.271 e. The molecule has 1 aliphatic heterocycles. The minimum Gasteiger partial charge on any atom is -0.476 e. The van der Waals surface area contributed by atoms with E-state index in [1.807, 2.05) is 37.3 Å². The van der Waals surface area contributed by atoms with Crippen molar-refractivity contribution in [1.82, 2.24) is 0 Å². The Balaban J connectivity index is 2.00. The van der Waals surface area contributed by atoms with Crippen LogP contribution in [0.1, 0.15) is 30.5 Å². The van der Waals surface area contributed by atoms with E-state index in [1.165, 1.54) is 0 Å². The van der Waals surface area contributed by atoms with E-state index in [-0.39, 0.29) is 5.91 Å². The number of hydrogen-bond acceptors (Lipinski definition) is 3. The van der Waals surface area contributed by atoms with Crippen molar-refractivity contribution in [2.75, 3.05) is 4.90 Å². The Kier molecular flexibility index (Phi) is 3.57. The lowest BCUT2D eigenvalue weighted by atomic mass is 10.0. The smallest absolute Gasteiger partial charge is 0.271 e. The summed E-state index contributed by atoms with van der Waals surface area (Å²) in [5.74, 6) is 0.647. The average molecular weight is 306 g/mol. The first-order valence-electron chi connectivity index (χ1n) is 7.51. The molecular weight excluding hydrogens is 288 g/mol. The van der Waals surface area contributed by atoms with Crippen molar-refractivity contribution in [3.63, 3.8) is 0 Å². The molecule has 0 radical (unpaired) electrons. The molecule has 23 heavy (non-hydrogen) atoms. The Morgan fingerprint density at radius 1 is 1.17 bits per heavy atom. The van der Waals surface area contributed by atoms with Crippen LogP contribution in [-0.2, 0) is 11.3 Å². The molecule has 1 heterocycles. The number of ether oxygens (including phenoxy) is 1. The molecule has 1 amide bonds. The fraction of sp³-hybridized carbons (Fsp3) is 0.263. The van der Waals surface area contributed by atoms with E-state index in [1.54, 1.807) is 30.9 Å². The molecule has 4 nitrogen and oxygen atoms in total. The van der Waals surface area contributed by atoms with Gasteiger partial charge in [-0.15, -0.1) is 0 Å². The summed E-state index contributed by atoms with van der Waals surface area (Å²) in [5, 5.41) is 8.89. The van der Waals surface area contributed by atoms with Gasteiger partial charge in [0.25, 0.3) is 5.91 Å². The molecule has 0 saturated carbocycles. The second-order valence-corrected chi connectivity index (χ2v) is 6.28. The number of nitrogens with zero attached hydrogens (tertiary/aromatic N) is 2. The van der Waals surface area contributed by atoms with Gasteiger partial charge in [-0.25, -0.2) is 0 Å². The molecule has 0 bridgehead atoms. The Morgan fingerprint density at radius 3 is 2.52 bits per heavy atom.